The lowest BCUT2D eigenvalue weighted by Gasteiger charge is -2.21. The second kappa shape index (κ2) is 5.65. The molecule has 1 aromatic heterocycles. The van der Waals surface area contributed by atoms with Crippen molar-refractivity contribution < 1.29 is 4.79 Å². The molecule has 4 heteroatoms. The maximum Gasteiger partial charge on any atom is 0.234 e. The van der Waals surface area contributed by atoms with Gasteiger partial charge in [0.2, 0.25) is 5.91 Å². The highest BCUT2D eigenvalue weighted by molar-refractivity contribution is 7.12. The van der Waals surface area contributed by atoms with E-state index in [-0.39, 0.29) is 17.5 Å². The second-order valence-corrected chi connectivity index (χ2v) is 6.66. The summed E-state index contributed by atoms with van der Waals surface area (Å²) in [6.07, 6.45) is 0. The van der Waals surface area contributed by atoms with E-state index in [4.69, 9.17) is 0 Å². The summed E-state index contributed by atoms with van der Waals surface area (Å²) in [5, 5.41) is 6.17. The minimum atomic E-state index is -0.0277. The number of carbonyl (C=O) groups is 1. The first-order chi connectivity index (χ1) is 7.78. The van der Waals surface area contributed by atoms with Crippen LogP contribution in [0.2, 0.25) is 0 Å². The summed E-state index contributed by atoms with van der Waals surface area (Å²) in [5.74, 6) is 0.0403. The van der Waals surface area contributed by atoms with Crippen molar-refractivity contribution in [2.24, 2.45) is 0 Å². The number of amides is 1. The van der Waals surface area contributed by atoms with Crippen molar-refractivity contribution in [1.82, 2.24) is 10.6 Å². The predicted molar refractivity (Wildman–Crippen MR) is 73.4 cm³/mol. The molecule has 0 aromatic carbocycles. The molecule has 0 saturated heterocycles. The summed E-state index contributed by atoms with van der Waals surface area (Å²) in [6.45, 7) is 10.6. The monoisotopic (exact) mass is 254 g/mol. The fourth-order valence-electron chi connectivity index (χ4n) is 1.40. The highest BCUT2D eigenvalue weighted by atomic mass is 32.1. The molecule has 2 N–H and O–H groups in total. The van der Waals surface area contributed by atoms with Crippen molar-refractivity contribution in [3.8, 4) is 0 Å². The molecule has 0 fully saturated rings. The molecule has 17 heavy (non-hydrogen) atoms. The van der Waals surface area contributed by atoms with Crippen LogP contribution < -0.4 is 10.6 Å². The average molecular weight is 254 g/mol. The number of carbonyl (C=O) groups excluding carboxylic acids is 1. The average Bonchev–Trinajstić information content (AvgIpc) is 2.61. The lowest BCUT2D eigenvalue weighted by molar-refractivity contribution is -0.121. The summed E-state index contributed by atoms with van der Waals surface area (Å²) in [4.78, 5) is 14.2. The van der Waals surface area contributed by atoms with Crippen molar-refractivity contribution in [2.75, 3.05) is 6.54 Å². The standard InChI is InChI=1S/C13H22N2OS/c1-9-6-7-11(17-9)10(2)15-12(16)8-14-13(3,4)5/h6-7,10,14H,8H2,1-5H3,(H,15,16). The molecule has 96 valence electrons. The van der Waals surface area contributed by atoms with Gasteiger partial charge in [-0.15, -0.1) is 11.3 Å². The van der Waals surface area contributed by atoms with Gasteiger partial charge in [-0.1, -0.05) is 0 Å². The normalized spacial score (nSPS) is 13.5. The Morgan fingerprint density at radius 2 is 2.06 bits per heavy atom. The molecular weight excluding hydrogens is 232 g/mol. The van der Waals surface area contributed by atoms with Crippen LogP contribution in [0.1, 0.15) is 43.5 Å². The first-order valence-electron chi connectivity index (χ1n) is 5.88. The number of aryl methyl sites for hydroxylation is 1. The maximum atomic E-state index is 11.7. The summed E-state index contributed by atoms with van der Waals surface area (Å²) >= 11 is 1.73. The minimum absolute atomic E-state index is 0.0277. The molecule has 1 amide bonds. The van der Waals surface area contributed by atoms with Gasteiger partial charge in [-0.05, 0) is 46.8 Å². The van der Waals surface area contributed by atoms with Crippen LogP contribution in [0.5, 0.6) is 0 Å². The first-order valence-corrected chi connectivity index (χ1v) is 6.70. The third-order valence-electron chi connectivity index (χ3n) is 2.34. The van der Waals surface area contributed by atoms with Crippen molar-refractivity contribution in [2.45, 2.75) is 46.2 Å². The number of nitrogens with one attached hydrogen (secondary N) is 2. The van der Waals surface area contributed by atoms with Crippen molar-refractivity contribution >= 4 is 17.2 Å². The van der Waals surface area contributed by atoms with Gasteiger partial charge in [-0.25, -0.2) is 0 Å². The molecule has 1 rings (SSSR count). The zero-order valence-corrected chi connectivity index (χ0v) is 12.1. The Morgan fingerprint density at radius 3 is 2.53 bits per heavy atom. The first kappa shape index (κ1) is 14.2. The largest absolute Gasteiger partial charge is 0.348 e. The predicted octanol–water partition coefficient (Wildman–Crippen LogP) is 2.62. The summed E-state index contributed by atoms with van der Waals surface area (Å²) in [5.41, 5.74) is -0.0277. The minimum Gasteiger partial charge on any atom is -0.348 e. The zero-order chi connectivity index (χ0) is 13.1. The fourth-order valence-corrected chi connectivity index (χ4v) is 2.27. The smallest absolute Gasteiger partial charge is 0.234 e. The van der Waals surface area contributed by atoms with E-state index < -0.39 is 0 Å². The van der Waals surface area contributed by atoms with Crippen LogP contribution in [0.3, 0.4) is 0 Å². The Morgan fingerprint density at radius 1 is 1.41 bits per heavy atom. The van der Waals surface area contributed by atoms with E-state index in [2.05, 4.69) is 29.7 Å². The number of hydrogen-bond donors (Lipinski definition) is 2. The Bertz CT molecular complexity index is 379. The molecule has 0 bridgehead atoms. The molecule has 1 unspecified atom stereocenters. The van der Waals surface area contributed by atoms with E-state index in [1.54, 1.807) is 11.3 Å². The van der Waals surface area contributed by atoms with Gasteiger partial charge in [0.1, 0.15) is 0 Å². The summed E-state index contributed by atoms with van der Waals surface area (Å²) in [7, 11) is 0. The molecule has 0 aliphatic rings. The summed E-state index contributed by atoms with van der Waals surface area (Å²) < 4.78 is 0. The quantitative estimate of drug-likeness (QED) is 0.867. The SMILES string of the molecule is Cc1ccc(C(C)NC(=O)CNC(C)(C)C)s1. The van der Waals surface area contributed by atoms with E-state index in [9.17, 15) is 4.79 Å². The molecule has 1 heterocycles. The van der Waals surface area contributed by atoms with Gasteiger partial charge in [0.15, 0.2) is 0 Å². The molecule has 0 radical (unpaired) electrons. The van der Waals surface area contributed by atoms with Crippen molar-refractivity contribution in [3.63, 3.8) is 0 Å². The van der Waals surface area contributed by atoms with Crippen LogP contribution in [0.4, 0.5) is 0 Å². The summed E-state index contributed by atoms with van der Waals surface area (Å²) in [6, 6.07) is 4.24. The van der Waals surface area contributed by atoms with Crippen LogP contribution in [0, 0.1) is 6.92 Å². The zero-order valence-electron chi connectivity index (χ0n) is 11.3. The van der Waals surface area contributed by atoms with E-state index in [1.165, 1.54) is 9.75 Å². The third kappa shape index (κ3) is 5.33. The van der Waals surface area contributed by atoms with Crippen LogP contribution in [-0.2, 0) is 4.79 Å². The van der Waals surface area contributed by atoms with Crippen LogP contribution in [0.25, 0.3) is 0 Å². The fraction of sp³-hybridized carbons (Fsp3) is 0.615. The highest BCUT2D eigenvalue weighted by Crippen LogP contribution is 2.21. The van der Waals surface area contributed by atoms with Gasteiger partial charge in [0.25, 0.3) is 0 Å². The molecule has 0 saturated carbocycles. The van der Waals surface area contributed by atoms with Crippen LogP contribution in [-0.4, -0.2) is 18.0 Å². The Hall–Kier alpha value is -0.870. The molecule has 0 spiro atoms. The lowest BCUT2D eigenvalue weighted by atomic mass is 10.1. The third-order valence-corrected chi connectivity index (χ3v) is 3.53. The molecule has 0 aliphatic carbocycles. The molecule has 1 aromatic rings. The Labute approximate surface area is 108 Å². The van der Waals surface area contributed by atoms with E-state index in [0.29, 0.717) is 6.54 Å². The number of rotatable bonds is 4. The van der Waals surface area contributed by atoms with Crippen LogP contribution in [0.15, 0.2) is 12.1 Å². The van der Waals surface area contributed by atoms with Crippen molar-refractivity contribution in [1.29, 1.82) is 0 Å². The van der Waals surface area contributed by atoms with Gasteiger partial charge >= 0.3 is 0 Å². The Kier molecular flexibility index (Phi) is 4.71. The van der Waals surface area contributed by atoms with Crippen molar-refractivity contribution in [3.05, 3.63) is 21.9 Å². The molecule has 3 nitrogen and oxygen atoms in total. The number of thiophene rings is 1. The maximum absolute atomic E-state index is 11.7. The topological polar surface area (TPSA) is 41.1 Å². The second-order valence-electron chi connectivity index (χ2n) is 5.34. The van der Waals surface area contributed by atoms with Gasteiger partial charge < -0.3 is 10.6 Å². The molecule has 1 atom stereocenters. The van der Waals surface area contributed by atoms with Gasteiger partial charge in [-0.3, -0.25) is 4.79 Å². The van der Waals surface area contributed by atoms with Gasteiger partial charge in [-0.2, -0.15) is 0 Å². The van der Waals surface area contributed by atoms with E-state index in [0.717, 1.165) is 0 Å². The Balaban J connectivity index is 2.41. The number of hydrogen-bond acceptors (Lipinski definition) is 3. The lowest BCUT2D eigenvalue weighted by Crippen LogP contribution is -2.43. The van der Waals surface area contributed by atoms with Gasteiger partial charge in [0, 0.05) is 15.3 Å². The molecule has 0 aliphatic heterocycles. The van der Waals surface area contributed by atoms with Gasteiger partial charge in [0.05, 0.1) is 12.6 Å². The van der Waals surface area contributed by atoms with E-state index >= 15 is 0 Å². The highest BCUT2D eigenvalue weighted by Gasteiger charge is 2.14. The van der Waals surface area contributed by atoms with Crippen LogP contribution >= 0.6 is 11.3 Å². The van der Waals surface area contributed by atoms with E-state index in [1.807, 2.05) is 27.7 Å². The molecular formula is C13H22N2OS.